The number of hydrogen-bond donors (Lipinski definition) is 2. The van der Waals surface area contributed by atoms with Gasteiger partial charge in [-0.2, -0.15) is 0 Å². The SMILES string of the molecule is COc1cc(OC)c(NC(=O)c2cccc(CN3C(=O)CNC3=O)c2)cc1Cl. The lowest BCUT2D eigenvalue weighted by Gasteiger charge is -2.14. The number of imide groups is 1. The molecule has 0 aliphatic carbocycles. The number of anilines is 1. The molecule has 0 atom stereocenters. The molecule has 146 valence electrons. The summed E-state index contributed by atoms with van der Waals surface area (Å²) in [5.41, 5.74) is 1.40. The molecule has 2 N–H and O–H groups in total. The minimum atomic E-state index is -0.447. The van der Waals surface area contributed by atoms with Crippen molar-refractivity contribution in [3.63, 3.8) is 0 Å². The van der Waals surface area contributed by atoms with E-state index in [4.69, 9.17) is 21.1 Å². The van der Waals surface area contributed by atoms with Gasteiger partial charge in [-0.1, -0.05) is 23.7 Å². The number of nitrogens with one attached hydrogen (secondary N) is 2. The van der Waals surface area contributed by atoms with Crippen LogP contribution in [0.4, 0.5) is 10.5 Å². The Kier molecular flexibility index (Phi) is 5.70. The fraction of sp³-hybridized carbons (Fsp3) is 0.211. The van der Waals surface area contributed by atoms with Gasteiger partial charge in [0.25, 0.3) is 5.91 Å². The van der Waals surface area contributed by atoms with E-state index in [1.54, 1.807) is 30.3 Å². The Morgan fingerprint density at radius 2 is 1.93 bits per heavy atom. The first kappa shape index (κ1) is 19.5. The summed E-state index contributed by atoms with van der Waals surface area (Å²) in [6, 6.07) is 9.33. The predicted molar refractivity (Wildman–Crippen MR) is 103 cm³/mol. The summed E-state index contributed by atoms with van der Waals surface area (Å²) in [5.74, 6) is 0.119. The number of rotatable bonds is 6. The first-order valence-corrected chi connectivity index (χ1v) is 8.70. The number of ether oxygens (including phenoxy) is 2. The zero-order chi connectivity index (χ0) is 20.3. The third-order valence-electron chi connectivity index (χ3n) is 4.19. The molecule has 1 aliphatic rings. The summed E-state index contributed by atoms with van der Waals surface area (Å²) >= 11 is 6.13. The van der Waals surface area contributed by atoms with Crippen LogP contribution < -0.4 is 20.1 Å². The molecule has 0 saturated carbocycles. The molecule has 9 heteroatoms. The first-order chi connectivity index (χ1) is 13.4. The van der Waals surface area contributed by atoms with E-state index in [1.807, 2.05) is 0 Å². The summed E-state index contributed by atoms with van der Waals surface area (Å²) in [4.78, 5) is 37.2. The second-order valence-electron chi connectivity index (χ2n) is 5.98. The Morgan fingerprint density at radius 1 is 1.18 bits per heavy atom. The van der Waals surface area contributed by atoms with E-state index >= 15 is 0 Å². The Morgan fingerprint density at radius 3 is 2.57 bits per heavy atom. The zero-order valence-electron chi connectivity index (χ0n) is 15.2. The third kappa shape index (κ3) is 4.01. The third-order valence-corrected chi connectivity index (χ3v) is 4.48. The summed E-state index contributed by atoms with van der Waals surface area (Å²) < 4.78 is 10.4. The molecule has 2 aromatic rings. The lowest BCUT2D eigenvalue weighted by molar-refractivity contribution is -0.125. The highest BCUT2D eigenvalue weighted by Gasteiger charge is 2.28. The summed E-state index contributed by atoms with van der Waals surface area (Å²) in [5, 5.41) is 5.53. The van der Waals surface area contributed by atoms with Gasteiger partial charge in [-0.05, 0) is 23.8 Å². The standard InChI is InChI=1S/C19H18ClN3O5/c1-27-15-8-16(28-2)14(7-13(15)20)22-18(25)12-5-3-4-11(6-12)10-23-17(24)9-21-19(23)26/h3-8H,9-10H2,1-2H3,(H,21,26)(H,22,25). The number of halogens is 1. The smallest absolute Gasteiger partial charge is 0.324 e. The van der Waals surface area contributed by atoms with Gasteiger partial charge >= 0.3 is 6.03 Å². The van der Waals surface area contributed by atoms with E-state index in [-0.39, 0.29) is 19.0 Å². The first-order valence-electron chi connectivity index (χ1n) is 8.33. The van der Waals surface area contributed by atoms with E-state index < -0.39 is 11.9 Å². The van der Waals surface area contributed by atoms with Gasteiger partial charge < -0.3 is 20.1 Å². The van der Waals surface area contributed by atoms with E-state index in [1.165, 1.54) is 20.3 Å². The molecule has 0 aromatic heterocycles. The largest absolute Gasteiger partial charge is 0.495 e. The van der Waals surface area contributed by atoms with Crippen LogP contribution in [-0.2, 0) is 11.3 Å². The Labute approximate surface area is 166 Å². The predicted octanol–water partition coefficient (Wildman–Crippen LogP) is 2.66. The monoisotopic (exact) mass is 403 g/mol. The quantitative estimate of drug-likeness (QED) is 0.723. The number of methoxy groups -OCH3 is 2. The molecule has 1 fully saturated rings. The Balaban J connectivity index is 1.79. The molecule has 8 nitrogen and oxygen atoms in total. The van der Waals surface area contributed by atoms with Crippen molar-refractivity contribution in [2.45, 2.75) is 6.54 Å². The average molecular weight is 404 g/mol. The number of carbonyl (C=O) groups is 3. The van der Waals surface area contributed by atoms with Crippen molar-refractivity contribution < 1.29 is 23.9 Å². The van der Waals surface area contributed by atoms with Gasteiger partial charge in [-0.3, -0.25) is 14.5 Å². The van der Waals surface area contributed by atoms with Crippen molar-refractivity contribution in [3.8, 4) is 11.5 Å². The number of benzene rings is 2. The van der Waals surface area contributed by atoms with Gasteiger partial charge in [0.05, 0.1) is 38.0 Å². The number of carbonyl (C=O) groups excluding carboxylic acids is 3. The molecule has 2 aromatic carbocycles. The number of nitrogens with zero attached hydrogens (tertiary/aromatic N) is 1. The molecule has 0 bridgehead atoms. The highest BCUT2D eigenvalue weighted by molar-refractivity contribution is 6.32. The molecule has 0 unspecified atom stereocenters. The van der Waals surface area contributed by atoms with E-state index in [0.29, 0.717) is 33.3 Å². The normalized spacial score (nSPS) is 13.3. The van der Waals surface area contributed by atoms with Crippen LogP contribution in [0.15, 0.2) is 36.4 Å². The molecule has 0 spiro atoms. The van der Waals surface area contributed by atoms with Crippen LogP contribution in [0.2, 0.25) is 5.02 Å². The topological polar surface area (TPSA) is 97.0 Å². The minimum absolute atomic E-state index is 0.0168. The van der Waals surface area contributed by atoms with E-state index in [2.05, 4.69) is 10.6 Å². The highest BCUT2D eigenvalue weighted by Crippen LogP contribution is 2.36. The van der Waals surface area contributed by atoms with Crippen molar-refractivity contribution >= 4 is 35.1 Å². The van der Waals surface area contributed by atoms with Gasteiger partial charge in [0.2, 0.25) is 5.91 Å². The number of amides is 4. The maximum Gasteiger partial charge on any atom is 0.324 e. The van der Waals surface area contributed by atoms with Gasteiger partial charge in [0, 0.05) is 11.6 Å². The van der Waals surface area contributed by atoms with Gasteiger partial charge in [0.1, 0.15) is 11.5 Å². The van der Waals surface area contributed by atoms with E-state index in [0.717, 1.165) is 4.90 Å². The van der Waals surface area contributed by atoms with Gasteiger partial charge in [-0.15, -0.1) is 0 Å². The second kappa shape index (κ2) is 8.18. The second-order valence-corrected chi connectivity index (χ2v) is 6.39. The molecule has 4 amide bonds. The number of hydrogen-bond acceptors (Lipinski definition) is 5. The molecular formula is C19H18ClN3O5. The fourth-order valence-electron chi connectivity index (χ4n) is 2.76. The molecule has 1 heterocycles. The van der Waals surface area contributed by atoms with Gasteiger partial charge in [-0.25, -0.2) is 4.79 Å². The maximum atomic E-state index is 12.7. The van der Waals surface area contributed by atoms with Crippen LogP contribution in [0.5, 0.6) is 11.5 Å². The number of urea groups is 1. The van der Waals surface area contributed by atoms with Crippen LogP contribution in [0.25, 0.3) is 0 Å². The van der Waals surface area contributed by atoms with Crippen molar-refractivity contribution in [1.29, 1.82) is 0 Å². The van der Waals surface area contributed by atoms with Crippen LogP contribution in [0.3, 0.4) is 0 Å². The summed E-state index contributed by atoms with van der Waals surface area (Å²) in [6.45, 7) is 0.0699. The van der Waals surface area contributed by atoms with E-state index in [9.17, 15) is 14.4 Å². The summed E-state index contributed by atoms with van der Waals surface area (Å²) in [7, 11) is 2.95. The molecular weight excluding hydrogens is 386 g/mol. The van der Waals surface area contributed by atoms with Crippen LogP contribution in [0.1, 0.15) is 15.9 Å². The van der Waals surface area contributed by atoms with Gasteiger partial charge in [0.15, 0.2) is 0 Å². The Bertz CT molecular complexity index is 931. The van der Waals surface area contributed by atoms with Crippen LogP contribution in [-0.4, -0.2) is 43.5 Å². The fourth-order valence-corrected chi connectivity index (χ4v) is 3.00. The van der Waals surface area contributed by atoms with Crippen molar-refractivity contribution in [1.82, 2.24) is 10.2 Å². The molecule has 0 radical (unpaired) electrons. The average Bonchev–Trinajstić information content (AvgIpc) is 3.00. The molecule has 3 rings (SSSR count). The molecule has 28 heavy (non-hydrogen) atoms. The maximum absolute atomic E-state index is 12.7. The zero-order valence-corrected chi connectivity index (χ0v) is 16.0. The lowest BCUT2D eigenvalue weighted by Crippen LogP contribution is -2.30. The van der Waals surface area contributed by atoms with Crippen molar-refractivity contribution in [2.24, 2.45) is 0 Å². The molecule has 1 aliphatic heterocycles. The minimum Gasteiger partial charge on any atom is -0.495 e. The van der Waals surface area contributed by atoms with Crippen molar-refractivity contribution in [3.05, 3.63) is 52.5 Å². The van der Waals surface area contributed by atoms with Crippen molar-refractivity contribution in [2.75, 3.05) is 26.1 Å². The lowest BCUT2D eigenvalue weighted by atomic mass is 10.1. The highest BCUT2D eigenvalue weighted by atomic mass is 35.5. The molecule has 1 saturated heterocycles. The Hall–Kier alpha value is -3.26. The summed E-state index contributed by atoms with van der Waals surface area (Å²) in [6.07, 6.45) is 0. The van der Waals surface area contributed by atoms with Crippen LogP contribution >= 0.6 is 11.6 Å². The van der Waals surface area contributed by atoms with Crippen LogP contribution in [0, 0.1) is 0 Å².